The predicted molar refractivity (Wildman–Crippen MR) is 79.7 cm³/mol. The molecule has 7 heteroatoms. The number of thiophene rings is 1. The van der Waals surface area contributed by atoms with Crippen LogP contribution >= 0.6 is 34.7 Å². The number of likely N-dealkylation sites (N-methyl/N-ethyl adjacent to an activating group) is 1. The highest BCUT2D eigenvalue weighted by Gasteiger charge is 2.16. The van der Waals surface area contributed by atoms with Gasteiger partial charge in [0, 0.05) is 17.2 Å². The molecule has 0 saturated carbocycles. The van der Waals surface area contributed by atoms with Gasteiger partial charge >= 0.3 is 5.97 Å². The minimum atomic E-state index is -0.746. The zero-order valence-corrected chi connectivity index (χ0v) is 13.2. The second-order valence-corrected chi connectivity index (χ2v) is 6.51. The summed E-state index contributed by atoms with van der Waals surface area (Å²) in [5.74, 6) is 0.277. The van der Waals surface area contributed by atoms with E-state index in [1.54, 1.807) is 6.92 Å². The minimum Gasteiger partial charge on any atom is -0.452 e. The summed E-state index contributed by atoms with van der Waals surface area (Å²) in [5.41, 5.74) is 0. The van der Waals surface area contributed by atoms with E-state index in [4.69, 9.17) is 16.3 Å². The standard InChI is InChI=1S/C12H16ClNO3S2/c1-3-14-12(16)8(2)17-11(15)7-18-6-9-4-5-10(13)19-9/h4-5,8H,3,6-7H2,1-2H3,(H,14,16)/t8-/m1/s1. The van der Waals surface area contributed by atoms with E-state index in [2.05, 4.69) is 5.32 Å². The lowest BCUT2D eigenvalue weighted by Crippen LogP contribution is -2.35. The number of amides is 1. The van der Waals surface area contributed by atoms with Crippen LogP contribution in [0.1, 0.15) is 18.7 Å². The number of halogens is 1. The van der Waals surface area contributed by atoms with Crippen LogP contribution in [0, 0.1) is 0 Å². The van der Waals surface area contributed by atoms with Crippen LogP contribution in [0.4, 0.5) is 0 Å². The molecular formula is C12H16ClNO3S2. The number of carbonyl (C=O) groups is 2. The molecular weight excluding hydrogens is 306 g/mol. The molecule has 0 unspecified atom stereocenters. The summed E-state index contributed by atoms with van der Waals surface area (Å²) in [6, 6.07) is 3.76. The molecule has 0 aliphatic carbocycles. The van der Waals surface area contributed by atoms with Crippen LogP contribution in [-0.4, -0.2) is 30.3 Å². The van der Waals surface area contributed by atoms with E-state index in [1.807, 2.05) is 19.1 Å². The van der Waals surface area contributed by atoms with Gasteiger partial charge in [0.2, 0.25) is 0 Å². The van der Waals surface area contributed by atoms with Gasteiger partial charge in [0.25, 0.3) is 5.91 Å². The Hall–Kier alpha value is -0.720. The maximum Gasteiger partial charge on any atom is 0.316 e. The third-order valence-electron chi connectivity index (χ3n) is 2.12. The zero-order valence-electron chi connectivity index (χ0n) is 10.8. The van der Waals surface area contributed by atoms with E-state index in [0.717, 1.165) is 9.21 Å². The van der Waals surface area contributed by atoms with Gasteiger partial charge in [0.1, 0.15) is 0 Å². The normalized spacial score (nSPS) is 11.9. The summed E-state index contributed by atoms with van der Waals surface area (Å²) < 4.78 is 5.75. The highest BCUT2D eigenvalue weighted by Crippen LogP contribution is 2.25. The third-order valence-corrected chi connectivity index (χ3v) is 4.49. The molecule has 0 spiro atoms. The van der Waals surface area contributed by atoms with Gasteiger partial charge in [-0.25, -0.2) is 0 Å². The number of hydrogen-bond acceptors (Lipinski definition) is 5. The molecule has 1 amide bonds. The monoisotopic (exact) mass is 321 g/mol. The first-order valence-corrected chi connectivity index (χ1v) is 8.17. The number of nitrogens with one attached hydrogen (secondary N) is 1. The van der Waals surface area contributed by atoms with Crippen molar-refractivity contribution in [1.29, 1.82) is 0 Å². The molecule has 1 aromatic heterocycles. The summed E-state index contributed by atoms with van der Waals surface area (Å²) in [4.78, 5) is 24.0. The highest BCUT2D eigenvalue weighted by atomic mass is 35.5. The highest BCUT2D eigenvalue weighted by molar-refractivity contribution is 7.99. The SMILES string of the molecule is CCNC(=O)[C@@H](C)OC(=O)CSCc1ccc(Cl)s1. The predicted octanol–water partition coefficient (Wildman–Crippen LogP) is 2.70. The van der Waals surface area contributed by atoms with Gasteiger partial charge in [-0.2, -0.15) is 0 Å². The van der Waals surface area contributed by atoms with Gasteiger partial charge < -0.3 is 10.1 Å². The fraction of sp³-hybridized carbons (Fsp3) is 0.500. The van der Waals surface area contributed by atoms with Crippen LogP contribution in [0.25, 0.3) is 0 Å². The number of carbonyl (C=O) groups excluding carboxylic acids is 2. The number of thioether (sulfide) groups is 1. The molecule has 0 aliphatic rings. The molecule has 0 radical (unpaired) electrons. The molecule has 4 nitrogen and oxygen atoms in total. The molecule has 1 aromatic rings. The molecule has 0 aliphatic heterocycles. The Morgan fingerprint density at radius 3 is 2.84 bits per heavy atom. The molecule has 0 fully saturated rings. The topological polar surface area (TPSA) is 55.4 Å². The molecule has 0 bridgehead atoms. The second kappa shape index (κ2) is 8.45. The van der Waals surface area contributed by atoms with E-state index < -0.39 is 6.10 Å². The third kappa shape index (κ3) is 6.31. The van der Waals surface area contributed by atoms with Crippen molar-refractivity contribution in [2.24, 2.45) is 0 Å². The Morgan fingerprint density at radius 1 is 1.53 bits per heavy atom. The fourth-order valence-electron chi connectivity index (χ4n) is 1.27. The van der Waals surface area contributed by atoms with Crippen molar-refractivity contribution >= 4 is 46.6 Å². The van der Waals surface area contributed by atoms with E-state index in [1.165, 1.54) is 23.1 Å². The van der Waals surface area contributed by atoms with E-state index >= 15 is 0 Å². The van der Waals surface area contributed by atoms with Crippen molar-refractivity contribution in [3.63, 3.8) is 0 Å². The lowest BCUT2D eigenvalue weighted by atomic mass is 10.4. The quantitative estimate of drug-likeness (QED) is 0.785. The maximum atomic E-state index is 11.5. The van der Waals surface area contributed by atoms with Crippen molar-refractivity contribution in [3.8, 4) is 0 Å². The molecule has 1 rings (SSSR count). The molecule has 19 heavy (non-hydrogen) atoms. The number of rotatable bonds is 7. The van der Waals surface area contributed by atoms with E-state index in [9.17, 15) is 9.59 Å². The molecule has 1 atom stereocenters. The minimum absolute atomic E-state index is 0.221. The molecule has 106 valence electrons. The van der Waals surface area contributed by atoms with Gasteiger partial charge in [-0.15, -0.1) is 23.1 Å². The number of esters is 1. The van der Waals surface area contributed by atoms with Crippen LogP contribution in [0.2, 0.25) is 4.34 Å². The summed E-state index contributed by atoms with van der Waals surface area (Å²) in [7, 11) is 0. The Labute approximate surface area is 125 Å². The van der Waals surface area contributed by atoms with Gasteiger partial charge in [-0.1, -0.05) is 11.6 Å². The van der Waals surface area contributed by atoms with Crippen molar-refractivity contribution in [2.75, 3.05) is 12.3 Å². The Balaban J connectivity index is 2.22. The molecule has 0 saturated heterocycles. The summed E-state index contributed by atoms with van der Waals surface area (Å²) in [6.07, 6.45) is -0.746. The van der Waals surface area contributed by atoms with E-state index in [-0.39, 0.29) is 17.6 Å². The Kier molecular flexibility index (Phi) is 7.27. The maximum absolute atomic E-state index is 11.5. The first kappa shape index (κ1) is 16.3. The zero-order chi connectivity index (χ0) is 14.3. The van der Waals surface area contributed by atoms with Crippen LogP contribution in [0.5, 0.6) is 0 Å². The van der Waals surface area contributed by atoms with Gasteiger partial charge in [-0.05, 0) is 26.0 Å². The van der Waals surface area contributed by atoms with Gasteiger partial charge in [0.15, 0.2) is 6.10 Å². The Morgan fingerprint density at radius 2 is 2.26 bits per heavy atom. The van der Waals surface area contributed by atoms with E-state index in [0.29, 0.717) is 12.3 Å². The van der Waals surface area contributed by atoms with Crippen LogP contribution < -0.4 is 5.32 Å². The van der Waals surface area contributed by atoms with Crippen molar-refractivity contribution < 1.29 is 14.3 Å². The largest absolute Gasteiger partial charge is 0.452 e. The lowest BCUT2D eigenvalue weighted by Gasteiger charge is -2.12. The van der Waals surface area contributed by atoms with Gasteiger partial charge in [-0.3, -0.25) is 9.59 Å². The van der Waals surface area contributed by atoms with Crippen LogP contribution in [0.3, 0.4) is 0 Å². The first-order chi connectivity index (χ1) is 9.02. The summed E-state index contributed by atoms with van der Waals surface area (Å²) >= 11 is 8.74. The van der Waals surface area contributed by atoms with Crippen LogP contribution in [-0.2, 0) is 20.1 Å². The average Bonchev–Trinajstić information content (AvgIpc) is 2.75. The van der Waals surface area contributed by atoms with Crippen LogP contribution in [0.15, 0.2) is 12.1 Å². The fourth-order valence-corrected chi connectivity index (χ4v) is 3.27. The number of ether oxygens (including phenoxy) is 1. The summed E-state index contributed by atoms with van der Waals surface area (Å²) in [6.45, 7) is 3.90. The Bertz CT molecular complexity index is 436. The lowest BCUT2D eigenvalue weighted by molar-refractivity contribution is -0.152. The second-order valence-electron chi connectivity index (χ2n) is 3.73. The van der Waals surface area contributed by atoms with Gasteiger partial charge in [0.05, 0.1) is 10.1 Å². The van der Waals surface area contributed by atoms with Crippen molar-refractivity contribution in [3.05, 3.63) is 21.3 Å². The molecule has 0 aromatic carbocycles. The molecule has 1 N–H and O–H groups in total. The molecule has 1 heterocycles. The average molecular weight is 322 g/mol. The number of hydrogen-bond donors (Lipinski definition) is 1. The van der Waals surface area contributed by atoms with Crippen molar-refractivity contribution in [2.45, 2.75) is 25.7 Å². The summed E-state index contributed by atoms with van der Waals surface area (Å²) in [5, 5.41) is 2.60. The first-order valence-electron chi connectivity index (χ1n) is 5.82. The smallest absolute Gasteiger partial charge is 0.316 e. The van der Waals surface area contributed by atoms with Crippen molar-refractivity contribution in [1.82, 2.24) is 5.32 Å².